The molecule has 18 heavy (non-hydrogen) atoms. The standard InChI is InChI=1S/C15H13ClN2/c1-10-6-7-12(16)8-14(10)18-9-11-4-2-3-5-13(11)15(18)17/h2-8,17H,9H2,1H3. The molecule has 0 bridgehead atoms. The lowest BCUT2D eigenvalue weighted by Gasteiger charge is -2.20. The van der Waals surface area contributed by atoms with Gasteiger partial charge in [-0.15, -0.1) is 0 Å². The van der Waals surface area contributed by atoms with E-state index in [1.54, 1.807) is 0 Å². The number of hydrogen-bond acceptors (Lipinski definition) is 1. The number of rotatable bonds is 1. The molecule has 2 nitrogen and oxygen atoms in total. The van der Waals surface area contributed by atoms with E-state index < -0.39 is 0 Å². The fourth-order valence-corrected chi connectivity index (χ4v) is 2.53. The Labute approximate surface area is 111 Å². The average molecular weight is 257 g/mol. The van der Waals surface area contributed by atoms with Crippen molar-refractivity contribution < 1.29 is 0 Å². The molecule has 0 amide bonds. The van der Waals surface area contributed by atoms with Crippen molar-refractivity contribution in [1.82, 2.24) is 0 Å². The average Bonchev–Trinajstić information content (AvgIpc) is 2.71. The van der Waals surface area contributed by atoms with Gasteiger partial charge < -0.3 is 4.90 Å². The summed E-state index contributed by atoms with van der Waals surface area (Å²) in [5.41, 5.74) is 4.36. The molecule has 1 aliphatic rings. The molecule has 3 rings (SSSR count). The third-order valence-corrected chi connectivity index (χ3v) is 3.57. The highest BCUT2D eigenvalue weighted by molar-refractivity contribution is 6.31. The molecule has 3 heteroatoms. The second-order valence-electron chi connectivity index (χ2n) is 4.52. The first-order chi connectivity index (χ1) is 8.66. The van der Waals surface area contributed by atoms with Gasteiger partial charge in [-0.05, 0) is 30.2 Å². The van der Waals surface area contributed by atoms with E-state index in [4.69, 9.17) is 17.0 Å². The molecular formula is C15H13ClN2. The van der Waals surface area contributed by atoms with Gasteiger partial charge in [-0.3, -0.25) is 5.41 Å². The third kappa shape index (κ3) is 1.70. The molecule has 1 N–H and O–H groups in total. The first kappa shape index (κ1) is 11.3. The summed E-state index contributed by atoms with van der Waals surface area (Å²) < 4.78 is 0. The number of halogens is 1. The Bertz CT molecular complexity index is 634. The summed E-state index contributed by atoms with van der Waals surface area (Å²) in [6.07, 6.45) is 0. The number of benzene rings is 2. The lowest BCUT2D eigenvalue weighted by atomic mass is 10.1. The minimum absolute atomic E-state index is 0.552. The Balaban J connectivity index is 2.06. The summed E-state index contributed by atoms with van der Waals surface area (Å²) in [6, 6.07) is 13.9. The monoisotopic (exact) mass is 256 g/mol. The van der Waals surface area contributed by atoms with Crippen LogP contribution in [0, 0.1) is 12.3 Å². The number of amidine groups is 1. The van der Waals surface area contributed by atoms with Crippen LogP contribution in [0.4, 0.5) is 5.69 Å². The first-order valence-corrected chi connectivity index (χ1v) is 6.25. The van der Waals surface area contributed by atoms with Crippen LogP contribution in [0.15, 0.2) is 42.5 Å². The van der Waals surface area contributed by atoms with E-state index in [1.807, 2.05) is 48.2 Å². The number of aryl methyl sites for hydroxylation is 1. The molecule has 90 valence electrons. The molecule has 0 unspecified atom stereocenters. The maximum Gasteiger partial charge on any atom is 0.133 e. The van der Waals surface area contributed by atoms with Gasteiger partial charge in [0, 0.05) is 16.3 Å². The number of anilines is 1. The van der Waals surface area contributed by atoms with E-state index in [0.717, 1.165) is 23.4 Å². The fourth-order valence-electron chi connectivity index (χ4n) is 2.36. The van der Waals surface area contributed by atoms with Crippen molar-refractivity contribution in [1.29, 1.82) is 5.41 Å². The van der Waals surface area contributed by atoms with E-state index >= 15 is 0 Å². The molecule has 0 fully saturated rings. The number of nitrogens with one attached hydrogen (secondary N) is 1. The van der Waals surface area contributed by atoms with Crippen LogP contribution in [0.1, 0.15) is 16.7 Å². The maximum absolute atomic E-state index is 8.28. The van der Waals surface area contributed by atoms with Crippen molar-refractivity contribution in [2.75, 3.05) is 4.90 Å². The van der Waals surface area contributed by atoms with Crippen molar-refractivity contribution >= 4 is 23.1 Å². The Morgan fingerprint density at radius 2 is 1.94 bits per heavy atom. The molecule has 0 spiro atoms. The smallest absolute Gasteiger partial charge is 0.133 e. The van der Waals surface area contributed by atoms with E-state index in [0.29, 0.717) is 10.9 Å². The SMILES string of the molecule is Cc1ccc(Cl)cc1N1Cc2ccccc2C1=N. The molecule has 2 aromatic carbocycles. The van der Waals surface area contributed by atoms with E-state index in [-0.39, 0.29) is 0 Å². The lowest BCUT2D eigenvalue weighted by molar-refractivity contribution is 1.04. The molecule has 0 atom stereocenters. The van der Waals surface area contributed by atoms with Gasteiger partial charge in [-0.1, -0.05) is 41.9 Å². The number of fused-ring (bicyclic) bond motifs is 1. The molecular weight excluding hydrogens is 244 g/mol. The van der Waals surface area contributed by atoms with Crippen LogP contribution in [0.2, 0.25) is 5.02 Å². The maximum atomic E-state index is 8.28. The molecule has 0 saturated carbocycles. The van der Waals surface area contributed by atoms with Gasteiger partial charge in [-0.2, -0.15) is 0 Å². The fraction of sp³-hybridized carbons (Fsp3) is 0.133. The molecule has 0 aliphatic carbocycles. The molecule has 0 aromatic heterocycles. The Kier molecular flexibility index (Phi) is 2.60. The van der Waals surface area contributed by atoms with Gasteiger partial charge in [0.2, 0.25) is 0 Å². The van der Waals surface area contributed by atoms with Crippen LogP contribution in [-0.2, 0) is 6.54 Å². The first-order valence-electron chi connectivity index (χ1n) is 5.87. The Morgan fingerprint density at radius 3 is 2.72 bits per heavy atom. The summed E-state index contributed by atoms with van der Waals surface area (Å²) in [4.78, 5) is 2.01. The van der Waals surface area contributed by atoms with E-state index in [2.05, 4.69) is 6.07 Å². The van der Waals surface area contributed by atoms with Crippen LogP contribution in [-0.4, -0.2) is 5.84 Å². The topological polar surface area (TPSA) is 27.1 Å². The van der Waals surface area contributed by atoms with Gasteiger partial charge >= 0.3 is 0 Å². The van der Waals surface area contributed by atoms with Crippen LogP contribution >= 0.6 is 11.6 Å². The summed E-state index contributed by atoms with van der Waals surface area (Å²) >= 11 is 6.06. The molecule has 1 heterocycles. The normalized spacial score (nSPS) is 13.9. The predicted molar refractivity (Wildman–Crippen MR) is 75.6 cm³/mol. The molecule has 1 aliphatic heterocycles. The largest absolute Gasteiger partial charge is 0.322 e. The second-order valence-corrected chi connectivity index (χ2v) is 4.96. The van der Waals surface area contributed by atoms with Gasteiger partial charge in [0.25, 0.3) is 0 Å². The minimum atomic E-state index is 0.552. The van der Waals surface area contributed by atoms with Gasteiger partial charge in [0.05, 0.1) is 6.54 Å². The lowest BCUT2D eigenvalue weighted by Crippen LogP contribution is -2.23. The van der Waals surface area contributed by atoms with Crippen LogP contribution in [0.3, 0.4) is 0 Å². The van der Waals surface area contributed by atoms with Gasteiger partial charge in [0.15, 0.2) is 0 Å². The zero-order valence-corrected chi connectivity index (χ0v) is 10.8. The quantitative estimate of drug-likeness (QED) is 0.821. The molecule has 2 aromatic rings. The highest BCUT2D eigenvalue weighted by Crippen LogP contribution is 2.31. The zero-order valence-electron chi connectivity index (χ0n) is 10.1. The van der Waals surface area contributed by atoms with Gasteiger partial charge in [-0.25, -0.2) is 0 Å². The van der Waals surface area contributed by atoms with Crippen molar-refractivity contribution in [2.24, 2.45) is 0 Å². The summed E-state index contributed by atoms with van der Waals surface area (Å²) in [6.45, 7) is 2.79. The highest BCUT2D eigenvalue weighted by atomic mass is 35.5. The number of hydrogen-bond donors (Lipinski definition) is 1. The van der Waals surface area contributed by atoms with Crippen LogP contribution < -0.4 is 4.90 Å². The van der Waals surface area contributed by atoms with Crippen molar-refractivity contribution in [3.8, 4) is 0 Å². The van der Waals surface area contributed by atoms with Crippen molar-refractivity contribution in [3.63, 3.8) is 0 Å². The summed E-state index contributed by atoms with van der Waals surface area (Å²) in [5, 5.41) is 8.98. The Hall–Kier alpha value is -1.80. The molecule has 0 radical (unpaired) electrons. The summed E-state index contributed by atoms with van der Waals surface area (Å²) in [7, 11) is 0. The highest BCUT2D eigenvalue weighted by Gasteiger charge is 2.25. The summed E-state index contributed by atoms with van der Waals surface area (Å²) in [5.74, 6) is 0.552. The van der Waals surface area contributed by atoms with Gasteiger partial charge in [0.1, 0.15) is 5.84 Å². The van der Waals surface area contributed by atoms with Crippen molar-refractivity contribution in [2.45, 2.75) is 13.5 Å². The number of nitrogens with zero attached hydrogens (tertiary/aromatic N) is 1. The molecule has 0 saturated heterocycles. The van der Waals surface area contributed by atoms with E-state index in [1.165, 1.54) is 5.56 Å². The second kappa shape index (κ2) is 4.14. The van der Waals surface area contributed by atoms with Crippen molar-refractivity contribution in [3.05, 3.63) is 64.2 Å². The van der Waals surface area contributed by atoms with Crippen LogP contribution in [0.25, 0.3) is 0 Å². The minimum Gasteiger partial charge on any atom is -0.322 e. The Morgan fingerprint density at radius 1 is 1.17 bits per heavy atom. The van der Waals surface area contributed by atoms with Crippen LogP contribution in [0.5, 0.6) is 0 Å². The third-order valence-electron chi connectivity index (χ3n) is 3.33. The van der Waals surface area contributed by atoms with E-state index in [9.17, 15) is 0 Å². The zero-order chi connectivity index (χ0) is 12.7. The predicted octanol–water partition coefficient (Wildman–Crippen LogP) is 3.99.